The van der Waals surface area contributed by atoms with Crippen LogP contribution in [-0.4, -0.2) is 51.6 Å². The third-order valence-electron chi connectivity index (χ3n) is 9.54. The summed E-state index contributed by atoms with van der Waals surface area (Å²) in [6.45, 7) is 20.6. The van der Waals surface area contributed by atoms with E-state index in [-0.39, 0.29) is 0 Å². The van der Waals surface area contributed by atoms with Gasteiger partial charge in [-0.05, 0) is 80.2 Å². The molecule has 4 aromatic rings. The van der Waals surface area contributed by atoms with E-state index in [0.29, 0.717) is 17.5 Å². The molecule has 7 nitrogen and oxygen atoms in total. The molecule has 3 aromatic carbocycles. The number of aromatic nitrogens is 3. The molecule has 0 radical (unpaired) electrons. The Balaban J connectivity index is 1.53. The highest BCUT2D eigenvalue weighted by atomic mass is 16.7. The lowest BCUT2D eigenvalue weighted by Gasteiger charge is -2.32. The highest BCUT2D eigenvalue weighted by Crippen LogP contribution is 2.38. The van der Waals surface area contributed by atoms with Gasteiger partial charge in [-0.1, -0.05) is 77.9 Å². The van der Waals surface area contributed by atoms with Crippen LogP contribution in [0.1, 0.15) is 66.5 Å². The summed E-state index contributed by atoms with van der Waals surface area (Å²) in [4.78, 5) is 14.9. The fourth-order valence-corrected chi connectivity index (χ4v) is 5.20. The van der Waals surface area contributed by atoms with Gasteiger partial charge >= 0.3 is 14.2 Å². The molecular formula is C35H41B2N3O4. The minimum atomic E-state index is -0.587. The normalized spacial score (nSPS) is 19.9. The van der Waals surface area contributed by atoms with Crippen LogP contribution in [0.2, 0.25) is 0 Å². The molecule has 0 spiro atoms. The van der Waals surface area contributed by atoms with Crippen LogP contribution in [0.4, 0.5) is 0 Å². The van der Waals surface area contributed by atoms with E-state index in [9.17, 15) is 0 Å². The maximum Gasteiger partial charge on any atom is 0.494 e. The largest absolute Gasteiger partial charge is 0.494 e. The molecule has 2 fully saturated rings. The van der Waals surface area contributed by atoms with Crippen LogP contribution < -0.4 is 10.9 Å². The molecular weight excluding hydrogens is 548 g/mol. The predicted octanol–water partition coefficient (Wildman–Crippen LogP) is 6.09. The van der Waals surface area contributed by atoms with Crippen LogP contribution in [0.3, 0.4) is 0 Å². The average molecular weight is 589 g/mol. The quantitative estimate of drug-likeness (QED) is 0.261. The van der Waals surface area contributed by atoms with Crippen molar-refractivity contribution >= 4 is 25.2 Å². The van der Waals surface area contributed by atoms with Crippen LogP contribution in [-0.2, 0) is 18.6 Å². The summed E-state index contributed by atoms with van der Waals surface area (Å²) < 4.78 is 26.0. The Morgan fingerprint density at radius 1 is 0.432 bits per heavy atom. The predicted molar refractivity (Wildman–Crippen MR) is 177 cm³/mol. The van der Waals surface area contributed by atoms with Crippen molar-refractivity contribution in [2.75, 3.05) is 0 Å². The van der Waals surface area contributed by atoms with E-state index < -0.39 is 36.6 Å². The van der Waals surface area contributed by atoms with E-state index in [1.165, 1.54) is 11.1 Å². The first-order chi connectivity index (χ1) is 20.5. The monoisotopic (exact) mass is 589 g/mol. The van der Waals surface area contributed by atoms with Gasteiger partial charge in [-0.15, -0.1) is 0 Å². The van der Waals surface area contributed by atoms with E-state index in [1.807, 2.05) is 36.4 Å². The smallest absolute Gasteiger partial charge is 0.399 e. The molecule has 9 heteroatoms. The van der Waals surface area contributed by atoms with Crippen LogP contribution >= 0.6 is 0 Å². The Bertz CT molecular complexity index is 1550. The van der Waals surface area contributed by atoms with E-state index in [1.54, 1.807) is 0 Å². The summed E-state index contributed by atoms with van der Waals surface area (Å²) in [6.07, 6.45) is 0. The lowest BCUT2D eigenvalue weighted by molar-refractivity contribution is 0.00578. The molecule has 3 heterocycles. The van der Waals surface area contributed by atoms with Gasteiger partial charge in [-0.3, -0.25) is 0 Å². The Kier molecular flexibility index (Phi) is 7.40. The third kappa shape index (κ3) is 5.63. The van der Waals surface area contributed by atoms with Crippen molar-refractivity contribution in [2.45, 2.75) is 91.6 Å². The van der Waals surface area contributed by atoms with Crippen molar-refractivity contribution in [3.63, 3.8) is 0 Å². The van der Waals surface area contributed by atoms with Crippen LogP contribution in [0, 0.1) is 13.8 Å². The Morgan fingerprint density at radius 2 is 0.727 bits per heavy atom. The van der Waals surface area contributed by atoms with Crippen molar-refractivity contribution in [3.8, 4) is 34.2 Å². The van der Waals surface area contributed by atoms with Crippen LogP contribution in [0.5, 0.6) is 0 Å². The third-order valence-corrected chi connectivity index (χ3v) is 9.54. The summed E-state index contributed by atoms with van der Waals surface area (Å²) in [6, 6.07) is 22.6. The summed E-state index contributed by atoms with van der Waals surface area (Å²) >= 11 is 0. The molecule has 6 rings (SSSR count). The number of hydrogen-bond acceptors (Lipinski definition) is 7. The minimum Gasteiger partial charge on any atom is -0.399 e. The first kappa shape index (κ1) is 30.7. The van der Waals surface area contributed by atoms with Gasteiger partial charge in [0.1, 0.15) is 0 Å². The van der Waals surface area contributed by atoms with Gasteiger partial charge in [0.05, 0.1) is 22.4 Å². The Hall–Kier alpha value is -3.36. The fraction of sp³-hybridized carbons (Fsp3) is 0.400. The molecule has 0 saturated carbocycles. The first-order valence-electron chi connectivity index (χ1n) is 15.3. The molecule has 1 aromatic heterocycles. The van der Waals surface area contributed by atoms with Gasteiger partial charge in [0.25, 0.3) is 0 Å². The number of aryl methyl sites for hydroxylation is 2. The molecule has 2 aliphatic rings. The van der Waals surface area contributed by atoms with Crippen molar-refractivity contribution in [1.82, 2.24) is 15.0 Å². The standard InChI is InChI=1S/C35H41B2N3O4/c1-22-11-15-24(16-12-22)29-38-30(25-17-13-23(2)14-18-25)40-31(39-29)26-19-27(36-41-32(3,4)33(5,6)42-36)21-28(20-26)37-43-34(7,8)35(9,10)44-37/h11-21H,1-10H3. The highest BCUT2D eigenvalue weighted by molar-refractivity contribution is 6.66. The Morgan fingerprint density at radius 3 is 1.05 bits per heavy atom. The maximum atomic E-state index is 6.49. The van der Waals surface area contributed by atoms with Crippen LogP contribution in [0.25, 0.3) is 34.2 Å². The summed E-state index contributed by atoms with van der Waals surface area (Å²) in [5.41, 5.74) is 4.68. The maximum absolute atomic E-state index is 6.49. The molecule has 0 amide bonds. The Labute approximate surface area is 262 Å². The number of benzene rings is 3. The molecule has 0 N–H and O–H groups in total. The number of nitrogens with zero attached hydrogens (tertiary/aromatic N) is 3. The zero-order valence-corrected chi connectivity index (χ0v) is 27.5. The summed E-state index contributed by atoms with van der Waals surface area (Å²) in [5.74, 6) is 1.75. The van der Waals surface area contributed by atoms with Gasteiger partial charge in [-0.2, -0.15) is 0 Å². The fourth-order valence-electron chi connectivity index (χ4n) is 5.20. The number of hydrogen-bond donors (Lipinski definition) is 0. The van der Waals surface area contributed by atoms with E-state index >= 15 is 0 Å². The summed E-state index contributed by atoms with van der Waals surface area (Å²) in [5, 5.41) is 0. The molecule has 226 valence electrons. The van der Waals surface area contributed by atoms with Gasteiger partial charge in [0.2, 0.25) is 0 Å². The molecule has 0 aliphatic carbocycles. The van der Waals surface area contributed by atoms with Crippen LogP contribution in [0.15, 0.2) is 66.7 Å². The zero-order valence-electron chi connectivity index (χ0n) is 27.5. The SMILES string of the molecule is Cc1ccc(-c2nc(-c3ccc(C)cc3)nc(-c3cc(B4OC(C)(C)C(C)(C)O4)cc(B4OC(C)(C)C(C)(C)O4)c3)n2)cc1. The van der Waals surface area contributed by atoms with Gasteiger partial charge in [0.15, 0.2) is 17.5 Å². The molecule has 2 saturated heterocycles. The summed E-state index contributed by atoms with van der Waals surface area (Å²) in [7, 11) is -1.17. The van der Waals surface area contributed by atoms with Crippen molar-refractivity contribution in [3.05, 3.63) is 77.9 Å². The molecule has 2 aliphatic heterocycles. The first-order valence-corrected chi connectivity index (χ1v) is 15.3. The molecule has 0 bridgehead atoms. The zero-order chi connectivity index (χ0) is 31.7. The van der Waals surface area contributed by atoms with E-state index in [0.717, 1.165) is 27.6 Å². The topological polar surface area (TPSA) is 75.6 Å². The van der Waals surface area contributed by atoms with E-state index in [2.05, 4.69) is 99.6 Å². The number of rotatable bonds is 5. The minimum absolute atomic E-state index is 0.497. The van der Waals surface area contributed by atoms with Crippen molar-refractivity contribution in [1.29, 1.82) is 0 Å². The second-order valence-electron chi connectivity index (χ2n) is 14.1. The molecule has 44 heavy (non-hydrogen) atoms. The lowest BCUT2D eigenvalue weighted by atomic mass is 9.71. The van der Waals surface area contributed by atoms with Gasteiger partial charge in [0, 0.05) is 16.7 Å². The molecule has 0 unspecified atom stereocenters. The van der Waals surface area contributed by atoms with Gasteiger partial charge < -0.3 is 18.6 Å². The average Bonchev–Trinajstić information content (AvgIpc) is 3.32. The van der Waals surface area contributed by atoms with E-state index in [4.69, 9.17) is 33.6 Å². The highest BCUT2D eigenvalue weighted by Gasteiger charge is 2.54. The second kappa shape index (κ2) is 10.6. The van der Waals surface area contributed by atoms with Crippen molar-refractivity contribution < 1.29 is 18.6 Å². The van der Waals surface area contributed by atoms with Crippen molar-refractivity contribution in [2.24, 2.45) is 0 Å². The lowest BCUT2D eigenvalue weighted by Crippen LogP contribution is -2.41. The molecule has 0 atom stereocenters. The van der Waals surface area contributed by atoms with Gasteiger partial charge in [-0.25, -0.2) is 15.0 Å². The second-order valence-corrected chi connectivity index (χ2v) is 14.1.